The monoisotopic (exact) mass is 414 g/mol. The van der Waals surface area contributed by atoms with Gasteiger partial charge in [-0.2, -0.15) is 11.3 Å². The van der Waals surface area contributed by atoms with Gasteiger partial charge >= 0.3 is 12.1 Å². The lowest BCUT2D eigenvalue weighted by atomic mass is 10.1. The molecular weight excluding hydrogens is 392 g/mol. The topological polar surface area (TPSA) is 89.0 Å². The van der Waals surface area contributed by atoms with Gasteiger partial charge < -0.3 is 14.6 Å². The molecule has 1 saturated heterocycles. The number of rotatable bonds is 3. The number of aromatic nitrogens is 1. The van der Waals surface area contributed by atoms with E-state index in [0.717, 1.165) is 11.1 Å². The summed E-state index contributed by atoms with van der Waals surface area (Å²) in [5, 5.41) is 13.4. The Morgan fingerprint density at radius 3 is 2.76 bits per heavy atom. The minimum absolute atomic E-state index is 0.176. The van der Waals surface area contributed by atoms with Crippen LogP contribution in [0.1, 0.15) is 27.2 Å². The molecule has 1 aliphatic rings. The summed E-state index contributed by atoms with van der Waals surface area (Å²) in [5.74, 6) is 2.01. The van der Waals surface area contributed by atoms with Crippen molar-refractivity contribution in [3.05, 3.63) is 35.3 Å². The molecule has 0 bridgehead atoms. The minimum atomic E-state index is -1.08. The first-order valence-electron chi connectivity index (χ1n) is 9.10. The number of amides is 1. The fraction of sp³-hybridized carbons (Fsp3) is 0.381. The molecule has 3 rings (SSSR count). The summed E-state index contributed by atoms with van der Waals surface area (Å²) < 4.78 is 10.8. The molecule has 1 unspecified atom stereocenters. The first-order valence-corrected chi connectivity index (χ1v) is 10.0. The maximum Gasteiger partial charge on any atom is 0.411 e. The number of carbonyl (C=O) groups excluding carboxylic acids is 1. The van der Waals surface area contributed by atoms with Crippen LogP contribution in [0.2, 0.25) is 0 Å². The van der Waals surface area contributed by atoms with Crippen molar-refractivity contribution in [2.45, 2.75) is 38.8 Å². The van der Waals surface area contributed by atoms with Crippen molar-refractivity contribution < 1.29 is 24.2 Å². The number of carbonyl (C=O) groups is 2. The molecule has 0 aromatic carbocycles. The Morgan fingerprint density at radius 1 is 1.31 bits per heavy atom. The van der Waals surface area contributed by atoms with Crippen LogP contribution < -0.4 is 4.74 Å². The molecule has 29 heavy (non-hydrogen) atoms. The number of aliphatic carboxylic acids is 1. The van der Waals surface area contributed by atoms with Gasteiger partial charge in [-0.05, 0) is 55.6 Å². The molecule has 8 heteroatoms. The fourth-order valence-corrected chi connectivity index (χ4v) is 3.59. The van der Waals surface area contributed by atoms with Gasteiger partial charge in [-0.25, -0.2) is 9.59 Å². The molecule has 0 radical (unpaired) electrons. The highest BCUT2D eigenvalue weighted by Gasteiger charge is 2.41. The van der Waals surface area contributed by atoms with E-state index in [-0.39, 0.29) is 18.9 Å². The third-order valence-electron chi connectivity index (χ3n) is 4.21. The molecule has 0 saturated carbocycles. The van der Waals surface area contributed by atoms with E-state index in [2.05, 4.69) is 17.0 Å². The van der Waals surface area contributed by atoms with Gasteiger partial charge in [-0.3, -0.25) is 9.88 Å². The second kappa shape index (κ2) is 8.53. The Hall–Kier alpha value is -3.05. The minimum Gasteiger partial charge on any atom is -0.480 e. The normalized spacial score (nSPS) is 18.7. The van der Waals surface area contributed by atoms with Gasteiger partial charge in [0, 0.05) is 24.2 Å². The maximum absolute atomic E-state index is 12.3. The van der Waals surface area contributed by atoms with Crippen molar-refractivity contribution >= 4 is 23.4 Å². The van der Waals surface area contributed by atoms with Crippen molar-refractivity contribution in [1.82, 2.24) is 9.88 Å². The second-order valence-electron chi connectivity index (χ2n) is 7.69. The third-order valence-corrected chi connectivity index (χ3v) is 4.90. The number of pyridine rings is 1. The van der Waals surface area contributed by atoms with E-state index in [0.29, 0.717) is 5.75 Å². The van der Waals surface area contributed by atoms with Gasteiger partial charge in [0.15, 0.2) is 5.75 Å². The van der Waals surface area contributed by atoms with Crippen LogP contribution in [0.4, 0.5) is 4.79 Å². The van der Waals surface area contributed by atoms with Crippen molar-refractivity contribution in [3.63, 3.8) is 0 Å². The molecule has 2 aromatic rings. The van der Waals surface area contributed by atoms with E-state index >= 15 is 0 Å². The number of ether oxygens (including phenoxy) is 2. The number of carboxylic acid groups (broad SMARTS) is 1. The Labute approximate surface area is 173 Å². The fourth-order valence-electron chi connectivity index (χ4n) is 2.93. The van der Waals surface area contributed by atoms with Gasteiger partial charge in [-0.1, -0.05) is 5.92 Å². The van der Waals surface area contributed by atoms with Gasteiger partial charge in [-0.15, -0.1) is 0 Å². The predicted molar refractivity (Wildman–Crippen MR) is 108 cm³/mol. The summed E-state index contributed by atoms with van der Waals surface area (Å²) >= 11 is 1.60. The molecule has 3 heterocycles. The first kappa shape index (κ1) is 20.7. The largest absolute Gasteiger partial charge is 0.480 e. The van der Waals surface area contributed by atoms with Gasteiger partial charge in [0.1, 0.15) is 17.7 Å². The van der Waals surface area contributed by atoms with Crippen molar-refractivity contribution in [3.8, 4) is 28.9 Å². The number of hydrogen-bond donors (Lipinski definition) is 1. The summed E-state index contributed by atoms with van der Waals surface area (Å²) in [4.78, 5) is 29.2. The van der Waals surface area contributed by atoms with Gasteiger partial charge in [0.2, 0.25) is 0 Å². The summed E-state index contributed by atoms with van der Waals surface area (Å²) in [5.41, 5.74) is 1.27. The average Bonchev–Trinajstić information content (AvgIpc) is 3.31. The Bertz CT molecular complexity index is 940. The van der Waals surface area contributed by atoms with Crippen LogP contribution in [0.15, 0.2) is 35.3 Å². The lowest BCUT2D eigenvalue weighted by molar-refractivity contribution is -0.142. The lowest BCUT2D eigenvalue weighted by Gasteiger charge is -2.26. The number of thiophene rings is 1. The second-order valence-corrected chi connectivity index (χ2v) is 8.47. The van der Waals surface area contributed by atoms with Crippen molar-refractivity contribution in [1.29, 1.82) is 0 Å². The van der Waals surface area contributed by atoms with Crippen LogP contribution in [0.3, 0.4) is 0 Å². The van der Waals surface area contributed by atoms with Crippen LogP contribution in [-0.4, -0.2) is 45.2 Å². The van der Waals surface area contributed by atoms with E-state index in [1.165, 1.54) is 4.90 Å². The van der Waals surface area contributed by atoms with E-state index in [1.54, 1.807) is 44.5 Å². The molecule has 1 N–H and O–H groups in total. The molecule has 0 aliphatic carbocycles. The zero-order valence-electron chi connectivity index (χ0n) is 16.4. The Morgan fingerprint density at radius 2 is 2.10 bits per heavy atom. The summed E-state index contributed by atoms with van der Waals surface area (Å²) in [6, 6.07) is 2.87. The van der Waals surface area contributed by atoms with Gasteiger partial charge in [0.25, 0.3) is 0 Å². The zero-order valence-corrected chi connectivity index (χ0v) is 17.2. The molecule has 2 atom stereocenters. The highest BCUT2D eigenvalue weighted by Crippen LogP contribution is 2.26. The molecule has 7 nitrogen and oxygen atoms in total. The van der Waals surface area contributed by atoms with Gasteiger partial charge in [0.05, 0.1) is 6.20 Å². The summed E-state index contributed by atoms with van der Waals surface area (Å²) in [6.07, 6.45) is 5.50. The first-order chi connectivity index (χ1) is 13.7. The number of carboxylic acids is 1. The summed E-state index contributed by atoms with van der Waals surface area (Å²) in [6.45, 7) is 5.38. The van der Waals surface area contributed by atoms with E-state index in [4.69, 9.17) is 9.47 Å². The standard InChI is InChI=1S/C21H22N2O5S/c1-21(2,3)28-20(26)23-12-14(8-18(23)19(24)25)4-6-27-17-9-16(10-22-11-17)15-5-7-29-13-15/h5,7,9-11,13-14,18H,8,12H2,1-3H3,(H,24,25)/t14?,18-/m0/s1. The van der Waals surface area contributed by atoms with E-state index in [9.17, 15) is 14.7 Å². The molecular formula is C21H22N2O5S. The predicted octanol–water partition coefficient (Wildman–Crippen LogP) is 3.86. The average molecular weight is 414 g/mol. The number of likely N-dealkylation sites (tertiary alicyclic amines) is 1. The van der Waals surface area contributed by atoms with Crippen molar-refractivity contribution in [2.75, 3.05) is 6.54 Å². The smallest absolute Gasteiger partial charge is 0.411 e. The van der Waals surface area contributed by atoms with Crippen LogP contribution in [0, 0.1) is 17.9 Å². The van der Waals surface area contributed by atoms with Crippen LogP contribution in [0.25, 0.3) is 11.1 Å². The van der Waals surface area contributed by atoms with E-state index < -0.39 is 23.7 Å². The lowest BCUT2D eigenvalue weighted by Crippen LogP contribution is -2.43. The maximum atomic E-state index is 12.3. The molecule has 1 fully saturated rings. The summed E-state index contributed by atoms with van der Waals surface area (Å²) in [7, 11) is 0. The number of hydrogen-bond acceptors (Lipinski definition) is 6. The molecule has 1 amide bonds. The quantitative estimate of drug-likeness (QED) is 0.767. The van der Waals surface area contributed by atoms with Crippen molar-refractivity contribution in [2.24, 2.45) is 5.92 Å². The third kappa shape index (κ3) is 5.48. The molecule has 152 valence electrons. The zero-order chi connectivity index (χ0) is 21.0. The van der Waals surface area contributed by atoms with Crippen LogP contribution in [0.5, 0.6) is 5.75 Å². The highest BCUT2D eigenvalue weighted by molar-refractivity contribution is 7.08. The molecule has 2 aromatic heterocycles. The molecule has 0 spiro atoms. The van der Waals surface area contributed by atoms with E-state index in [1.807, 2.05) is 22.9 Å². The molecule has 1 aliphatic heterocycles. The number of nitrogens with zero attached hydrogens (tertiary/aromatic N) is 2. The SMILES string of the molecule is CC(C)(C)OC(=O)N1CC(C#COc2cncc(-c3ccsc3)c2)C[C@H]1C(=O)O. The van der Waals surface area contributed by atoms with Crippen LogP contribution in [-0.2, 0) is 9.53 Å². The highest BCUT2D eigenvalue weighted by atomic mass is 32.1. The Balaban J connectivity index is 1.66. The Kier molecular flexibility index (Phi) is 6.09. The van der Waals surface area contributed by atoms with Crippen LogP contribution >= 0.6 is 11.3 Å².